The second-order valence-electron chi connectivity index (χ2n) is 8.25. The molecule has 7 nitrogen and oxygen atoms in total. The normalized spacial score (nSPS) is 13.2. The molecule has 2 aromatic carbocycles. The van der Waals surface area contributed by atoms with Crippen LogP contribution in [-0.2, 0) is 26.2 Å². The summed E-state index contributed by atoms with van der Waals surface area (Å²) in [5.41, 5.74) is 2.10. The standard InChI is InChI=1S/C24H32BrN3O4S/c1-6-18(3)26-24(30)19(4)27(15-20-10-8-11-21(25)14-20)23(29)16-28(33(5,31)32)22-12-7-9-17(2)13-22/h7-14,18-19H,6,15-16H2,1-5H3,(H,26,30)/t18-,19-/m1/s1. The van der Waals surface area contributed by atoms with E-state index in [2.05, 4.69) is 21.2 Å². The van der Waals surface area contributed by atoms with Crippen LogP contribution in [0, 0.1) is 6.92 Å². The molecule has 9 heteroatoms. The Balaban J connectivity index is 2.38. The minimum atomic E-state index is -3.73. The number of benzene rings is 2. The van der Waals surface area contributed by atoms with Crippen LogP contribution >= 0.6 is 15.9 Å². The molecule has 0 aromatic heterocycles. The zero-order valence-electron chi connectivity index (χ0n) is 19.7. The highest BCUT2D eigenvalue weighted by Crippen LogP contribution is 2.21. The van der Waals surface area contributed by atoms with E-state index in [0.717, 1.165) is 32.6 Å². The van der Waals surface area contributed by atoms with E-state index in [1.54, 1.807) is 25.1 Å². The van der Waals surface area contributed by atoms with Crippen molar-refractivity contribution in [2.45, 2.75) is 52.7 Å². The molecule has 2 aromatic rings. The predicted octanol–water partition coefficient (Wildman–Crippen LogP) is 3.86. The number of rotatable bonds is 10. The van der Waals surface area contributed by atoms with E-state index in [9.17, 15) is 18.0 Å². The lowest BCUT2D eigenvalue weighted by Gasteiger charge is -2.32. The van der Waals surface area contributed by atoms with Crippen molar-refractivity contribution >= 4 is 43.5 Å². The maximum atomic E-state index is 13.5. The third-order valence-corrected chi connectivity index (χ3v) is 7.01. The lowest BCUT2D eigenvalue weighted by atomic mass is 10.1. The van der Waals surface area contributed by atoms with Crippen LogP contribution in [0.2, 0.25) is 0 Å². The summed E-state index contributed by atoms with van der Waals surface area (Å²) in [6.07, 6.45) is 1.83. The van der Waals surface area contributed by atoms with Crippen LogP contribution in [0.5, 0.6) is 0 Å². The Labute approximate surface area is 205 Å². The van der Waals surface area contributed by atoms with Gasteiger partial charge in [0.05, 0.1) is 11.9 Å². The Bertz CT molecular complexity index is 1090. The Morgan fingerprint density at radius 1 is 1.09 bits per heavy atom. The van der Waals surface area contributed by atoms with Crippen molar-refractivity contribution in [1.29, 1.82) is 0 Å². The number of hydrogen-bond donors (Lipinski definition) is 1. The lowest BCUT2D eigenvalue weighted by Crippen LogP contribution is -2.52. The summed E-state index contributed by atoms with van der Waals surface area (Å²) in [7, 11) is -3.73. The molecular formula is C24H32BrN3O4S. The van der Waals surface area contributed by atoms with Crippen LogP contribution in [0.15, 0.2) is 53.0 Å². The van der Waals surface area contributed by atoms with Crippen LogP contribution in [0.3, 0.4) is 0 Å². The van der Waals surface area contributed by atoms with Crippen molar-refractivity contribution in [1.82, 2.24) is 10.2 Å². The zero-order valence-corrected chi connectivity index (χ0v) is 22.1. The van der Waals surface area contributed by atoms with Gasteiger partial charge in [0.2, 0.25) is 21.8 Å². The first-order chi connectivity index (χ1) is 15.4. The molecule has 0 saturated heterocycles. The number of anilines is 1. The molecule has 0 saturated carbocycles. The van der Waals surface area contributed by atoms with E-state index in [-0.39, 0.29) is 18.5 Å². The number of carbonyl (C=O) groups excluding carboxylic acids is 2. The molecule has 1 N–H and O–H groups in total. The number of amides is 2. The molecule has 0 aliphatic carbocycles. The van der Waals surface area contributed by atoms with E-state index >= 15 is 0 Å². The van der Waals surface area contributed by atoms with Crippen molar-refractivity contribution in [3.63, 3.8) is 0 Å². The highest BCUT2D eigenvalue weighted by atomic mass is 79.9. The number of nitrogens with zero attached hydrogens (tertiary/aromatic N) is 2. The predicted molar refractivity (Wildman–Crippen MR) is 135 cm³/mol. The third-order valence-electron chi connectivity index (χ3n) is 5.38. The van der Waals surface area contributed by atoms with Gasteiger partial charge in [-0.25, -0.2) is 8.42 Å². The SMILES string of the molecule is CC[C@@H](C)NC(=O)[C@@H](C)N(Cc1cccc(Br)c1)C(=O)CN(c1cccc(C)c1)S(C)(=O)=O. The number of aryl methyl sites for hydroxylation is 1. The molecule has 2 atom stereocenters. The van der Waals surface area contributed by atoms with Gasteiger partial charge in [0.1, 0.15) is 12.6 Å². The molecule has 0 spiro atoms. The molecule has 0 unspecified atom stereocenters. The van der Waals surface area contributed by atoms with Crippen molar-refractivity contribution in [3.8, 4) is 0 Å². The van der Waals surface area contributed by atoms with Crippen LogP contribution in [-0.4, -0.2) is 50.0 Å². The molecule has 180 valence electrons. The molecule has 33 heavy (non-hydrogen) atoms. The third kappa shape index (κ3) is 7.85. The van der Waals surface area contributed by atoms with E-state index in [1.165, 1.54) is 4.90 Å². The van der Waals surface area contributed by atoms with Gasteiger partial charge in [-0.05, 0) is 62.6 Å². The molecule has 0 aliphatic heterocycles. The summed E-state index contributed by atoms with van der Waals surface area (Å²) in [5, 5.41) is 2.91. The fourth-order valence-electron chi connectivity index (χ4n) is 3.28. The summed E-state index contributed by atoms with van der Waals surface area (Å²) < 4.78 is 27.1. The van der Waals surface area contributed by atoms with Crippen LogP contribution in [0.1, 0.15) is 38.3 Å². The van der Waals surface area contributed by atoms with Gasteiger partial charge in [-0.15, -0.1) is 0 Å². The number of hydrogen-bond acceptors (Lipinski definition) is 4. The fourth-order valence-corrected chi connectivity index (χ4v) is 4.57. The van der Waals surface area contributed by atoms with Gasteiger partial charge in [-0.3, -0.25) is 13.9 Å². The van der Waals surface area contributed by atoms with Gasteiger partial charge in [-0.2, -0.15) is 0 Å². The fraction of sp³-hybridized carbons (Fsp3) is 0.417. The summed E-state index contributed by atoms with van der Waals surface area (Å²) in [5.74, 6) is -0.747. The average Bonchev–Trinajstić information content (AvgIpc) is 2.74. The lowest BCUT2D eigenvalue weighted by molar-refractivity contribution is -0.139. The second-order valence-corrected chi connectivity index (χ2v) is 11.1. The van der Waals surface area contributed by atoms with Gasteiger partial charge >= 0.3 is 0 Å². The monoisotopic (exact) mass is 537 g/mol. The van der Waals surface area contributed by atoms with Gasteiger partial charge in [0.25, 0.3) is 0 Å². The summed E-state index contributed by atoms with van der Waals surface area (Å²) in [6.45, 7) is 7.13. The maximum Gasteiger partial charge on any atom is 0.244 e. The first-order valence-corrected chi connectivity index (χ1v) is 13.4. The molecular weight excluding hydrogens is 506 g/mol. The number of halogens is 1. The van der Waals surface area contributed by atoms with E-state index in [4.69, 9.17) is 0 Å². The van der Waals surface area contributed by atoms with Crippen molar-refractivity contribution in [3.05, 3.63) is 64.1 Å². The largest absolute Gasteiger partial charge is 0.352 e. The first kappa shape index (κ1) is 26.9. The molecule has 0 aliphatic rings. The summed E-state index contributed by atoms with van der Waals surface area (Å²) in [6, 6.07) is 13.6. The topological polar surface area (TPSA) is 86.8 Å². The first-order valence-electron chi connectivity index (χ1n) is 10.8. The van der Waals surface area contributed by atoms with Gasteiger partial charge in [-0.1, -0.05) is 47.1 Å². The quantitative estimate of drug-likeness (QED) is 0.498. The summed E-state index contributed by atoms with van der Waals surface area (Å²) >= 11 is 3.43. The summed E-state index contributed by atoms with van der Waals surface area (Å²) in [4.78, 5) is 27.8. The minimum absolute atomic E-state index is 0.0393. The Hall–Kier alpha value is -2.39. The van der Waals surface area contributed by atoms with Gasteiger partial charge in [0.15, 0.2) is 0 Å². The smallest absolute Gasteiger partial charge is 0.244 e. The van der Waals surface area contributed by atoms with Crippen LogP contribution in [0.25, 0.3) is 0 Å². The zero-order chi connectivity index (χ0) is 24.8. The van der Waals surface area contributed by atoms with Crippen molar-refractivity contribution in [2.75, 3.05) is 17.1 Å². The molecule has 0 heterocycles. The Kier molecular flexibility index (Phi) is 9.48. The molecule has 2 rings (SSSR count). The Morgan fingerprint density at radius 3 is 2.33 bits per heavy atom. The van der Waals surface area contributed by atoms with Gasteiger partial charge in [0, 0.05) is 17.1 Å². The average molecular weight is 539 g/mol. The van der Waals surface area contributed by atoms with Crippen LogP contribution < -0.4 is 9.62 Å². The molecule has 2 amide bonds. The molecule has 0 radical (unpaired) electrons. The van der Waals surface area contributed by atoms with Crippen molar-refractivity contribution in [2.24, 2.45) is 0 Å². The van der Waals surface area contributed by atoms with E-state index in [1.807, 2.05) is 51.1 Å². The molecule has 0 bridgehead atoms. The number of nitrogens with one attached hydrogen (secondary N) is 1. The highest BCUT2D eigenvalue weighted by molar-refractivity contribution is 9.10. The van der Waals surface area contributed by atoms with Crippen molar-refractivity contribution < 1.29 is 18.0 Å². The van der Waals surface area contributed by atoms with Gasteiger partial charge < -0.3 is 10.2 Å². The van der Waals surface area contributed by atoms with Crippen LogP contribution in [0.4, 0.5) is 5.69 Å². The van der Waals surface area contributed by atoms with E-state index in [0.29, 0.717) is 5.69 Å². The molecule has 0 fully saturated rings. The minimum Gasteiger partial charge on any atom is -0.352 e. The maximum absolute atomic E-state index is 13.5. The second kappa shape index (κ2) is 11.7. The highest BCUT2D eigenvalue weighted by Gasteiger charge is 2.30. The number of carbonyl (C=O) groups is 2. The number of sulfonamides is 1. The van der Waals surface area contributed by atoms with E-state index < -0.39 is 28.5 Å². The Morgan fingerprint density at radius 2 is 1.76 bits per heavy atom.